The van der Waals surface area contributed by atoms with Crippen molar-refractivity contribution in [1.82, 2.24) is 10.0 Å². The van der Waals surface area contributed by atoms with E-state index in [2.05, 4.69) is 4.98 Å². The Morgan fingerprint density at radius 2 is 1.76 bits per heavy atom. The average Bonchev–Trinajstić information content (AvgIpc) is 2.40. The predicted molar refractivity (Wildman–Crippen MR) is 62.3 cm³/mol. The van der Waals surface area contributed by atoms with Crippen molar-refractivity contribution < 1.29 is 10.0 Å². The topological polar surface area (TPSA) is 53.4 Å². The number of hydrogen-bond donors (Lipinski definition) is 1. The van der Waals surface area contributed by atoms with Crippen LogP contribution in [-0.4, -0.2) is 21.2 Å². The molecule has 1 heterocycles. The van der Waals surface area contributed by atoms with Gasteiger partial charge in [-0.3, -0.25) is 15.0 Å². The second-order valence-corrected chi connectivity index (χ2v) is 3.58. The Hall–Kier alpha value is -2.20. The lowest BCUT2D eigenvalue weighted by Gasteiger charge is -2.14. The van der Waals surface area contributed by atoms with E-state index in [4.69, 9.17) is 0 Å². The zero-order chi connectivity index (χ0) is 12.1. The fraction of sp³-hybridized carbons (Fsp3) is 0.0769. The smallest absolute Gasteiger partial charge is 0.277 e. The Balaban J connectivity index is 2.06. The van der Waals surface area contributed by atoms with Gasteiger partial charge in [-0.25, -0.2) is 5.06 Å². The number of hydroxylamine groups is 2. The number of carbonyl (C=O) groups excluding carboxylic acids is 1. The molecular formula is C13H12N2O2. The summed E-state index contributed by atoms with van der Waals surface area (Å²) in [6.45, 7) is 0.169. The second-order valence-electron chi connectivity index (χ2n) is 3.58. The number of nitrogens with zero attached hydrogens (tertiary/aromatic N) is 2. The fourth-order valence-electron chi connectivity index (χ4n) is 1.47. The van der Waals surface area contributed by atoms with E-state index in [1.54, 1.807) is 12.1 Å². The minimum Gasteiger partial charge on any atom is -0.285 e. The monoisotopic (exact) mass is 228 g/mol. The first-order valence-electron chi connectivity index (χ1n) is 5.22. The van der Waals surface area contributed by atoms with E-state index in [0.29, 0.717) is 10.6 Å². The van der Waals surface area contributed by atoms with Gasteiger partial charge in [0.25, 0.3) is 5.91 Å². The molecule has 4 heteroatoms. The first-order chi connectivity index (χ1) is 8.27. The molecule has 0 aliphatic carbocycles. The molecule has 2 rings (SSSR count). The molecule has 1 aromatic heterocycles. The zero-order valence-electron chi connectivity index (χ0n) is 9.15. The van der Waals surface area contributed by atoms with Crippen molar-refractivity contribution in [2.75, 3.05) is 0 Å². The highest BCUT2D eigenvalue weighted by Gasteiger charge is 2.13. The van der Waals surface area contributed by atoms with Crippen LogP contribution in [0.15, 0.2) is 54.9 Å². The van der Waals surface area contributed by atoms with E-state index in [0.717, 1.165) is 5.56 Å². The Morgan fingerprint density at radius 1 is 1.12 bits per heavy atom. The third-order valence-corrected chi connectivity index (χ3v) is 2.34. The first-order valence-corrected chi connectivity index (χ1v) is 5.22. The molecule has 0 aliphatic rings. The SMILES string of the molecule is O=C(c1ccncc1)N(O)Cc1ccccc1. The summed E-state index contributed by atoms with van der Waals surface area (Å²) in [7, 11) is 0. The summed E-state index contributed by atoms with van der Waals surface area (Å²) in [5.74, 6) is -0.434. The van der Waals surface area contributed by atoms with E-state index in [1.165, 1.54) is 12.4 Å². The standard InChI is InChI=1S/C13H12N2O2/c16-13(12-6-8-14-9-7-12)15(17)10-11-4-2-1-3-5-11/h1-9,17H,10H2. The van der Waals surface area contributed by atoms with Crippen molar-refractivity contribution in [3.05, 3.63) is 66.0 Å². The quantitative estimate of drug-likeness (QED) is 0.646. The number of benzene rings is 1. The molecule has 0 spiro atoms. The van der Waals surface area contributed by atoms with Crippen molar-refractivity contribution in [3.8, 4) is 0 Å². The Kier molecular flexibility index (Phi) is 3.47. The molecule has 17 heavy (non-hydrogen) atoms. The molecule has 0 fully saturated rings. The summed E-state index contributed by atoms with van der Waals surface area (Å²) in [5, 5.41) is 10.4. The van der Waals surface area contributed by atoms with Crippen molar-refractivity contribution >= 4 is 5.91 Å². The highest BCUT2D eigenvalue weighted by atomic mass is 16.5. The molecule has 0 aliphatic heterocycles. The van der Waals surface area contributed by atoms with Crippen LogP contribution < -0.4 is 0 Å². The molecule has 0 saturated carbocycles. The lowest BCUT2D eigenvalue weighted by molar-refractivity contribution is -0.0648. The highest BCUT2D eigenvalue weighted by molar-refractivity contribution is 5.93. The Labute approximate surface area is 99.1 Å². The van der Waals surface area contributed by atoms with Crippen LogP contribution in [0.1, 0.15) is 15.9 Å². The maximum atomic E-state index is 11.8. The van der Waals surface area contributed by atoms with E-state index in [9.17, 15) is 10.0 Å². The van der Waals surface area contributed by atoms with E-state index < -0.39 is 5.91 Å². The van der Waals surface area contributed by atoms with Gasteiger partial charge in [-0.05, 0) is 17.7 Å². The van der Waals surface area contributed by atoms with Crippen molar-refractivity contribution in [2.45, 2.75) is 6.54 Å². The summed E-state index contributed by atoms with van der Waals surface area (Å²) in [6.07, 6.45) is 3.03. The van der Waals surface area contributed by atoms with Crippen LogP contribution in [0.5, 0.6) is 0 Å². The number of pyridine rings is 1. The summed E-state index contributed by atoms with van der Waals surface area (Å²) >= 11 is 0. The maximum absolute atomic E-state index is 11.8. The molecule has 0 radical (unpaired) electrons. The van der Waals surface area contributed by atoms with Crippen LogP contribution >= 0.6 is 0 Å². The summed E-state index contributed by atoms with van der Waals surface area (Å²) in [5.41, 5.74) is 1.29. The summed E-state index contributed by atoms with van der Waals surface area (Å²) < 4.78 is 0. The molecule has 1 N–H and O–H groups in total. The minimum absolute atomic E-state index is 0.169. The lowest BCUT2D eigenvalue weighted by atomic mass is 10.2. The number of amides is 1. The number of aromatic nitrogens is 1. The number of hydrogen-bond acceptors (Lipinski definition) is 3. The first kappa shape index (κ1) is 11.3. The average molecular weight is 228 g/mol. The Bertz CT molecular complexity index is 485. The third kappa shape index (κ3) is 2.89. The van der Waals surface area contributed by atoms with Crippen LogP contribution in [0, 0.1) is 0 Å². The van der Waals surface area contributed by atoms with Gasteiger partial charge in [0.05, 0.1) is 6.54 Å². The predicted octanol–water partition coefficient (Wildman–Crippen LogP) is 2.11. The summed E-state index contributed by atoms with van der Waals surface area (Å²) in [6, 6.07) is 12.4. The van der Waals surface area contributed by atoms with Crippen molar-refractivity contribution in [3.63, 3.8) is 0 Å². The summed E-state index contributed by atoms with van der Waals surface area (Å²) in [4.78, 5) is 15.6. The lowest BCUT2D eigenvalue weighted by Crippen LogP contribution is -2.26. The van der Waals surface area contributed by atoms with Gasteiger partial charge in [-0.2, -0.15) is 0 Å². The number of rotatable bonds is 3. The van der Waals surface area contributed by atoms with Crippen LogP contribution in [0.2, 0.25) is 0 Å². The van der Waals surface area contributed by atoms with Gasteiger partial charge in [0.2, 0.25) is 0 Å². The van der Waals surface area contributed by atoms with Gasteiger partial charge >= 0.3 is 0 Å². The molecule has 86 valence electrons. The molecule has 1 amide bonds. The minimum atomic E-state index is -0.434. The molecule has 0 bridgehead atoms. The van der Waals surface area contributed by atoms with E-state index >= 15 is 0 Å². The molecule has 0 atom stereocenters. The molecular weight excluding hydrogens is 216 g/mol. The fourth-order valence-corrected chi connectivity index (χ4v) is 1.47. The molecule has 0 unspecified atom stereocenters. The molecule has 0 saturated heterocycles. The van der Waals surface area contributed by atoms with E-state index in [1.807, 2.05) is 30.3 Å². The second kappa shape index (κ2) is 5.23. The number of carbonyl (C=O) groups is 1. The van der Waals surface area contributed by atoms with Gasteiger partial charge in [0, 0.05) is 18.0 Å². The van der Waals surface area contributed by atoms with Gasteiger partial charge in [0.15, 0.2) is 0 Å². The third-order valence-electron chi connectivity index (χ3n) is 2.34. The molecule has 4 nitrogen and oxygen atoms in total. The van der Waals surface area contributed by atoms with Gasteiger partial charge in [-0.15, -0.1) is 0 Å². The Morgan fingerprint density at radius 3 is 2.41 bits per heavy atom. The van der Waals surface area contributed by atoms with Crippen molar-refractivity contribution in [2.24, 2.45) is 0 Å². The molecule has 1 aromatic carbocycles. The van der Waals surface area contributed by atoms with Crippen LogP contribution in [0.25, 0.3) is 0 Å². The highest BCUT2D eigenvalue weighted by Crippen LogP contribution is 2.06. The van der Waals surface area contributed by atoms with Crippen LogP contribution in [0.4, 0.5) is 0 Å². The maximum Gasteiger partial charge on any atom is 0.277 e. The van der Waals surface area contributed by atoms with Crippen LogP contribution in [0.3, 0.4) is 0 Å². The van der Waals surface area contributed by atoms with Gasteiger partial charge in [-0.1, -0.05) is 30.3 Å². The zero-order valence-corrected chi connectivity index (χ0v) is 9.15. The van der Waals surface area contributed by atoms with Crippen LogP contribution in [-0.2, 0) is 6.54 Å². The van der Waals surface area contributed by atoms with Gasteiger partial charge < -0.3 is 0 Å². The van der Waals surface area contributed by atoms with E-state index in [-0.39, 0.29) is 6.54 Å². The normalized spacial score (nSPS) is 9.94. The molecule has 2 aromatic rings. The van der Waals surface area contributed by atoms with Crippen molar-refractivity contribution in [1.29, 1.82) is 0 Å². The van der Waals surface area contributed by atoms with Gasteiger partial charge in [0.1, 0.15) is 0 Å². The largest absolute Gasteiger partial charge is 0.285 e.